The van der Waals surface area contributed by atoms with Crippen LogP contribution < -0.4 is 10.1 Å². The normalized spacial score (nSPS) is 10.6. The van der Waals surface area contributed by atoms with Gasteiger partial charge >= 0.3 is 0 Å². The van der Waals surface area contributed by atoms with E-state index in [1.807, 2.05) is 30.4 Å². The van der Waals surface area contributed by atoms with Crippen LogP contribution in [0.2, 0.25) is 0 Å². The summed E-state index contributed by atoms with van der Waals surface area (Å²) >= 11 is 8.98. The smallest absolute Gasteiger partial charge is 0.121 e. The molecule has 0 heterocycles. The summed E-state index contributed by atoms with van der Waals surface area (Å²) in [6, 6.07) is 5.80. The van der Waals surface area contributed by atoms with Gasteiger partial charge in [0.15, 0.2) is 0 Å². The van der Waals surface area contributed by atoms with Gasteiger partial charge in [0.05, 0.1) is 12.8 Å². The molecule has 0 fully saturated rings. The summed E-state index contributed by atoms with van der Waals surface area (Å²) in [5.41, 5.74) is 1.01. The fraction of sp³-hybridized carbons (Fsp3) is 0.273. The quantitative estimate of drug-likeness (QED) is 0.660. The van der Waals surface area contributed by atoms with Crippen molar-refractivity contribution in [3.8, 4) is 5.75 Å². The van der Waals surface area contributed by atoms with Gasteiger partial charge in [0, 0.05) is 23.0 Å². The minimum Gasteiger partial charge on any atom is -0.497 e. The maximum absolute atomic E-state index is 5.52. The van der Waals surface area contributed by atoms with Gasteiger partial charge < -0.3 is 10.1 Å². The molecule has 1 aromatic carbocycles. The van der Waals surface area contributed by atoms with Crippen molar-refractivity contribution in [2.24, 2.45) is 0 Å². The molecule has 0 bridgehead atoms. The Morgan fingerprint density at radius 2 is 2.27 bits per heavy atom. The number of allylic oxidation sites excluding steroid dienone is 1. The molecule has 0 saturated heterocycles. The number of ether oxygens (including phenoxy) is 1. The van der Waals surface area contributed by atoms with Crippen molar-refractivity contribution >= 4 is 33.2 Å². The van der Waals surface area contributed by atoms with Crippen LogP contribution in [0.3, 0.4) is 0 Å². The second-order valence-corrected chi connectivity index (χ2v) is 4.02. The number of hydrogen-bond acceptors (Lipinski definition) is 2. The molecule has 0 radical (unpaired) electrons. The molecule has 4 heteroatoms. The van der Waals surface area contributed by atoms with E-state index < -0.39 is 0 Å². The second-order valence-electron chi connectivity index (χ2n) is 2.85. The predicted molar refractivity (Wildman–Crippen MR) is 69.0 cm³/mol. The minimum atomic E-state index is 0.543. The van der Waals surface area contributed by atoms with Crippen molar-refractivity contribution < 1.29 is 4.74 Å². The van der Waals surface area contributed by atoms with E-state index in [4.69, 9.17) is 16.3 Å². The number of halogens is 2. The summed E-state index contributed by atoms with van der Waals surface area (Å²) in [5.74, 6) is 1.38. The fourth-order valence-corrected chi connectivity index (χ4v) is 1.59. The van der Waals surface area contributed by atoms with Gasteiger partial charge in [-0.05, 0) is 28.1 Å². The molecule has 1 aromatic rings. The minimum absolute atomic E-state index is 0.543. The third-order valence-electron chi connectivity index (χ3n) is 1.84. The van der Waals surface area contributed by atoms with E-state index in [9.17, 15) is 0 Å². The first kappa shape index (κ1) is 12.4. The van der Waals surface area contributed by atoms with Crippen molar-refractivity contribution in [1.29, 1.82) is 0 Å². The molecule has 0 amide bonds. The topological polar surface area (TPSA) is 21.3 Å². The SMILES string of the molecule is COc1ccc(Br)c(NC/C=C/CCl)c1. The Morgan fingerprint density at radius 1 is 1.47 bits per heavy atom. The van der Waals surface area contributed by atoms with Gasteiger partial charge in [0.25, 0.3) is 0 Å². The maximum Gasteiger partial charge on any atom is 0.121 e. The highest BCUT2D eigenvalue weighted by Crippen LogP contribution is 2.26. The van der Waals surface area contributed by atoms with E-state index >= 15 is 0 Å². The molecular formula is C11H13BrClNO. The van der Waals surface area contributed by atoms with Crippen molar-refractivity contribution in [1.82, 2.24) is 0 Å². The van der Waals surface area contributed by atoms with Gasteiger partial charge in [-0.1, -0.05) is 12.2 Å². The molecule has 1 rings (SSSR count). The highest BCUT2D eigenvalue weighted by atomic mass is 79.9. The summed E-state index contributed by atoms with van der Waals surface area (Å²) in [6.07, 6.45) is 3.89. The number of methoxy groups -OCH3 is 1. The summed E-state index contributed by atoms with van der Waals surface area (Å²) < 4.78 is 6.15. The second kappa shape index (κ2) is 6.75. The molecule has 2 nitrogen and oxygen atoms in total. The standard InChI is InChI=1S/C11H13BrClNO/c1-15-9-4-5-10(12)11(8-9)14-7-3-2-6-13/h2-5,8,14H,6-7H2,1H3/b3-2+. The molecule has 0 unspecified atom stereocenters. The number of hydrogen-bond donors (Lipinski definition) is 1. The Kier molecular flexibility index (Phi) is 5.58. The summed E-state index contributed by atoms with van der Waals surface area (Å²) in [7, 11) is 1.65. The molecule has 0 aliphatic rings. The van der Waals surface area contributed by atoms with Crippen LogP contribution in [0.25, 0.3) is 0 Å². The predicted octanol–water partition coefficient (Wildman–Crippen LogP) is 3.66. The van der Waals surface area contributed by atoms with Gasteiger partial charge in [-0.2, -0.15) is 0 Å². The molecule has 0 saturated carbocycles. The fourth-order valence-electron chi connectivity index (χ4n) is 1.08. The van der Waals surface area contributed by atoms with Gasteiger partial charge in [-0.3, -0.25) is 0 Å². The molecule has 1 N–H and O–H groups in total. The first-order valence-corrected chi connectivity index (χ1v) is 5.89. The lowest BCUT2D eigenvalue weighted by Crippen LogP contribution is -1.99. The highest BCUT2D eigenvalue weighted by Gasteiger charge is 1.99. The molecule has 0 aromatic heterocycles. The molecule has 0 atom stereocenters. The van der Waals surface area contributed by atoms with Gasteiger partial charge in [-0.25, -0.2) is 0 Å². The Balaban J connectivity index is 2.62. The van der Waals surface area contributed by atoms with Crippen LogP contribution in [-0.4, -0.2) is 19.5 Å². The zero-order chi connectivity index (χ0) is 11.1. The Labute approximate surface area is 103 Å². The van der Waals surface area contributed by atoms with Crippen molar-refractivity contribution in [2.75, 3.05) is 24.9 Å². The first-order chi connectivity index (χ1) is 7.27. The van der Waals surface area contributed by atoms with Crippen molar-refractivity contribution in [3.05, 3.63) is 34.8 Å². The summed E-state index contributed by atoms with van der Waals surface area (Å²) in [4.78, 5) is 0. The number of alkyl halides is 1. The van der Waals surface area contributed by atoms with Crippen LogP contribution in [-0.2, 0) is 0 Å². The van der Waals surface area contributed by atoms with E-state index in [0.717, 1.165) is 22.5 Å². The molecule has 0 aliphatic carbocycles. The van der Waals surface area contributed by atoms with Gasteiger partial charge in [-0.15, -0.1) is 11.6 Å². The molecular weight excluding hydrogens is 277 g/mol. The van der Waals surface area contributed by atoms with Gasteiger partial charge in [0.2, 0.25) is 0 Å². The van der Waals surface area contributed by atoms with Crippen LogP contribution in [0.15, 0.2) is 34.8 Å². The third kappa shape index (κ3) is 4.14. The van der Waals surface area contributed by atoms with E-state index in [2.05, 4.69) is 21.2 Å². The van der Waals surface area contributed by atoms with Crippen LogP contribution >= 0.6 is 27.5 Å². The average molecular weight is 291 g/mol. The largest absolute Gasteiger partial charge is 0.497 e. The van der Waals surface area contributed by atoms with E-state index in [-0.39, 0.29) is 0 Å². The third-order valence-corrected chi connectivity index (χ3v) is 2.71. The Morgan fingerprint density at radius 3 is 2.93 bits per heavy atom. The summed E-state index contributed by atoms with van der Waals surface area (Å²) in [5, 5.41) is 3.25. The monoisotopic (exact) mass is 289 g/mol. The first-order valence-electron chi connectivity index (χ1n) is 4.56. The lowest BCUT2D eigenvalue weighted by Gasteiger charge is -2.08. The number of anilines is 1. The number of rotatable bonds is 5. The number of benzene rings is 1. The van der Waals surface area contributed by atoms with Crippen molar-refractivity contribution in [3.63, 3.8) is 0 Å². The molecule has 0 aliphatic heterocycles. The zero-order valence-electron chi connectivity index (χ0n) is 8.47. The number of nitrogens with one attached hydrogen (secondary N) is 1. The van der Waals surface area contributed by atoms with Gasteiger partial charge in [0.1, 0.15) is 5.75 Å². The Bertz CT molecular complexity index is 341. The molecule has 0 spiro atoms. The highest BCUT2D eigenvalue weighted by molar-refractivity contribution is 9.10. The lowest BCUT2D eigenvalue weighted by atomic mass is 10.3. The van der Waals surface area contributed by atoms with E-state index in [0.29, 0.717) is 5.88 Å². The van der Waals surface area contributed by atoms with Crippen LogP contribution in [0, 0.1) is 0 Å². The zero-order valence-corrected chi connectivity index (χ0v) is 10.8. The van der Waals surface area contributed by atoms with E-state index in [1.165, 1.54) is 0 Å². The average Bonchev–Trinajstić information content (AvgIpc) is 2.26. The molecule has 15 heavy (non-hydrogen) atoms. The Hall–Kier alpha value is -0.670. The van der Waals surface area contributed by atoms with Crippen molar-refractivity contribution in [2.45, 2.75) is 0 Å². The van der Waals surface area contributed by atoms with Crippen LogP contribution in [0.1, 0.15) is 0 Å². The van der Waals surface area contributed by atoms with E-state index in [1.54, 1.807) is 7.11 Å². The maximum atomic E-state index is 5.52. The lowest BCUT2D eigenvalue weighted by molar-refractivity contribution is 0.415. The summed E-state index contributed by atoms with van der Waals surface area (Å²) in [6.45, 7) is 0.748. The van der Waals surface area contributed by atoms with Crippen LogP contribution in [0.5, 0.6) is 5.75 Å². The van der Waals surface area contributed by atoms with Crippen LogP contribution in [0.4, 0.5) is 5.69 Å². The molecule has 82 valence electrons.